The number of amides is 2. The molecule has 1 heterocycles. The Morgan fingerprint density at radius 1 is 1.17 bits per heavy atom. The molecule has 4 rings (SSSR count). The molecule has 1 aromatic rings. The van der Waals surface area contributed by atoms with Crippen molar-refractivity contribution in [2.24, 2.45) is 0 Å². The van der Waals surface area contributed by atoms with Gasteiger partial charge in [-0.3, -0.25) is 0 Å². The molecule has 3 fully saturated rings. The van der Waals surface area contributed by atoms with E-state index in [9.17, 15) is 4.79 Å². The van der Waals surface area contributed by atoms with Gasteiger partial charge in [-0.1, -0.05) is 29.8 Å². The first-order valence-electron chi connectivity index (χ1n) is 9.56. The van der Waals surface area contributed by atoms with E-state index in [1.807, 2.05) is 0 Å². The summed E-state index contributed by atoms with van der Waals surface area (Å²) in [5.41, 5.74) is 2.50. The van der Waals surface area contributed by atoms with E-state index in [2.05, 4.69) is 46.3 Å². The van der Waals surface area contributed by atoms with Crippen LogP contribution in [0.5, 0.6) is 0 Å². The Bertz CT molecular complexity index is 586. The van der Waals surface area contributed by atoms with Crippen molar-refractivity contribution < 1.29 is 4.79 Å². The number of benzene rings is 1. The minimum atomic E-state index is 0.142. The summed E-state index contributed by atoms with van der Waals surface area (Å²) in [5.74, 6) is 0. The summed E-state index contributed by atoms with van der Waals surface area (Å²) in [6.07, 6.45) is 7.26. The molecule has 0 bridgehead atoms. The molecule has 0 spiro atoms. The topological polar surface area (TPSA) is 35.6 Å². The van der Waals surface area contributed by atoms with Crippen molar-refractivity contribution >= 4 is 6.03 Å². The number of urea groups is 1. The minimum Gasteiger partial charge on any atom is -0.335 e. The molecule has 2 amide bonds. The first-order valence-corrected chi connectivity index (χ1v) is 9.56. The summed E-state index contributed by atoms with van der Waals surface area (Å²) in [4.78, 5) is 17.5. The van der Waals surface area contributed by atoms with Crippen molar-refractivity contribution in [1.82, 2.24) is 15.1 Å². The van der Waals surface area contributed by atoms with Gasteiger partial charge in [0.25, 0.3) is 0 Å². The van der Waals surface area contributed by atoms with Gasteiger partial charge in [-0.15, -0.1) is 0 Å². The van der Waals surface area contributed by atoms with Crippen LogP contribution >= 0.6 is 0 Å². The number of nitrogens with one attached hydrogen (secondary N) is 1. The lowest BCUT2D eigenvalue weighted by atomic mass is 10.1. The Kier molecular flexibility index (Phi) is 4.49. The summed E-state index contributed by atoms with van der Waals surface area (Å²) in [5, 5.41) is 3.32. The molecule has 130 valence electrons. The van der Waals surface area contributed by atoms with Crippen LogP contribution in [0.25, 0.3) is 0 Å². The number of hydrogen-bond donors (Lipinski definition) is 1. The molecule has 4 nitrogen and oxygen atoms in total. The normalized spacial score (nSPS) is 22.4. The molecule has 2 saturated carbocycles. The molecular formula is C20H29N3O. The lowest BCUT2D eigenvalue weighted by Gasteiger charge is -2.34. The fourth-order valence-corrected chi connectivity index (χ4v) is 3.87. The minimum absolute atomic E-state index is 0.142. The molecule has 1 N–H and O–H groups in total. The number of carbonyl (C=O) groups excluding carboxylic acids is 1. The average Bonchev–Trinajstić information content (AvgIpc) is 3.47. The number of nitrogens with zero attached hydrogens (tertiary/aromatic N) is 2. The van der Waals surface area contributed by atoms with E-state index in [4.69, 9.17) is 0 Å². The van der Waals surface area contributed by atoms with Crippen LogP contribution in [0.1, 0.15) is 49.7 Å². The van der Waals surface area contributed by atoms with Gasteiger partial charge in [0.15, 0.2) is 0 Å². The quantitative estimate of drug-likeness (QED) is 0.901. The third-order valence-electron chi connectivity index (χ3n) is 5.60. The van der Waals surface area contributed by atoms with Gasteiger partial charge >= 0.3 is 6.03 Å². The maximum absolute atomic E-state index is 12.8. The molecule has 3 aliphatic rings. The first kappa shape index (κ1) is 15.9. The number of rotatable bonds is 5. The van der Waals surface area contributed by atoms with Crippen LogP contribution in [0.3, 0.4) is 0 Å². The van der Waals surface area contributed by atoms with Crippen molar-refractivity contribution in [1.29, 1.82) is 0 Å². The highest BCUT2D eigenvalue weighted by atomic mass is 16.2. The molecule has 24 heavy (non-hydrogen) atoms. The first-order chi connectivity index (χ1) is 11.7. The Morgan fingerprint density at radius 2 is 1.92 bits per heavy atom. The van der Waals surface area contributed by atoms with Gasteiger partial charge in [-0.25, -0.2) is 4.79 Å². The fourth-order valence-electron chi connectivity index (χ4n) is 3.87. The highest BCUT2D eigenvalue weighted by Crippen LogP contribution is 2.30. The van der Waals surface area contributed by atoms with Gasteiger partial charge in [-0.05, 0) is 51.0 Å². The lowest BCUT2D eigenvalue weighted by molar-refractivity contribution is 0.165. The van der Waals surface area contributed by atoms with Crippen LogP contribution in [0.2, 0.25) is 0 Å². The van der Waals surface area contributed by atoms with Gasteiger partial charge in [0.1, 0.15) is 0 Å². The van der Waals surface area contributed by atoms with E-state index in [-0.39, 0.29) is 6.03 Å². The zero-order valence-electron chi connectivity index (χ0n) is 14.7. The maximum Gasteiger partial charge on any atom is 0.318 e. The number of aryl methyl sites for hydroxylation is 1. The van der Waals surface area contributed by atoms with E-state index in [0.29, 0.717) is 12.1 Å². The molecule has 0 atom stereocenters. The van der Waals surface area contributed by atoms with Crippen molar-refractivity contribution in [2.75, 3.05) is 13.1 Å². The van der Waals surface area contributed by atoms with Crippen LogP contribution in [-0.4, -0.2) is 47.0 Å². The van der Waals surface area contributed by atoms with Crippen LogP contribution < -0.4 is 5.32 Å². The zero-order valence-corrected chi connectivity index (χ0v) is 14.7. The molecule has 0 unspecified atom stereocenters. The number of likely N-dealkylation sites (tertiary alicyclic amines) is 1. The molecule has 0 radical (unpaired) electrons. The van der Waals surface area contributed by atoms with E-state index in [1.54, 1.807) is 0 Å². The number of carbonyl (C=O) groups is 1. The lowest BCUT2D eigenvalue weighted by Crippen LogP contribution is -2.50. The predicted molar refractivity (Wildman–Crippen MR) is 95.9 cm³/mol. The van der Waals surface area contributed by atoms with Gasteiger partial charge in [0.05, 0.1) is 0 Å². The summed E-state index contributed by atoms with van der Waals surface area (Å²) in [6, 6.07) is 10.3. The molecule has 1 saturated heterocycles. The third kappa shape index (κ3) is 3.92. The predicted octanol–water partition coefficient (Wildman–Crippen LogP) is 3.30. The summed E-state index contributed by atoms with van der Waals surface area (Å²) in [6.45, 7) is 5.14. The number of hydrogen-bond acceptors (Lipinski definition) is 2. The van der Waals surface area contributed by atoms with Gasteiger partial charge in [-0.2, -0.15) is 0 Å². The van der Waals surface area contributed by atoms with E-state index in [1.165, 1.54) is 24.0 Å². The third-order valence-corrected chi connectivity index (χ3v) is 5.60. The van der Waals surface area contributed by atoms with Crippen LogP contribution in [0, 0.1) is 6.92 Å². The van der Waals surface area contributed by atoms with Crippen LogP contribution in [0.4, 0.5) is 4.79 Å². The highest BCUT2D eigenvalue weighted by molar-refractivity contribution is 5.75. The highest BCUT2D eigenvalue weighted by Gasteiger charge is 2.35. The standard InChI is InChI=1S/C20H29N3O/c1-15-3-2-4-16(13-15)14-23(19-7-8-19)20(24)21-17-9-11-22(12-10-17)18-5-6-18/h2-4,13,17-19H,5-12,14H2,1H3,(H,21,24). The van der Waals surface area contributed by atoms with Gasteiger partial charge < -0.3 is 15.1 Å². The molecule has 4 heteroatoms. The summed E-state index contributed by atoms with van der Waals surface area (Å²) < 4.78 is 0. The van der Waals surface area contributed by atoms with E-state index < -0.39 is 0 Å². The van der Waals surface area contributed by atoms with Crippen molar-refractivity contribution in [3.8, 4) is 0 Å². The van der Waals surface area contributed by atoms with Crippen molar-refractivity contribution in [2.45, 2.75) is 70.1 Å². The van der Waals surface area contributed by atoms with Crippen molar-refractivity contribution in [3.05, 3.63) is 35.4 Å². The van der Waals surface area contributed by atoms with Gasteiger partial charge in [0.2, 0.25) is 0 Å². The van der Waals surface area contributed by atoms with E-state index >= 15 is 0 Å². The largest absolute Gasteiger partial charge is 0.335 e. The van der Waals surface area contributed by atoms with Crippen molar-refractivity contribution in [3.63, 3.8) is 0 Å². The SMILES string of the molecule is Cc1cccc(CN(C(=O)NC2CCN(C3CC3)CC2)C2CC2)c1. The molecule has 1 aromatic carbocycles. The molecular weight excluding hydrogens is 298 g/mol. The number of piperidine rings is 1. The monoisotopic (exact) mass is 327 g/mol. The molecule has 1 aliphatic heterocycles. The second kappa shape index (κ2) is 6.75. The van der Waals surface area contributed by atoms with Gasteiger partial charge in [0, 0.05) is 37.8 Å². The second-order valence-electron chi connectivity index (χ2n) is 7.84. The Morgan fingerprint density at radius 3 is 2.54 bits per heavy atom. The maximum atomic E-state index is 12.8. The second-order valence-corrected chi connectivity index (χ2v) is 7.84. The molecule has 2 aliphatic carbocycles. The molecule has 0 aromatic heterocycles. The Balaban J connectivity index is 1.32. The average molecular weight is 327 g/mol. The zero-order chi connectivity index (χ0) is 16.5. The van der Waals surface area contributed by atoms with Crippen LogP contribution in [0.15, 0.2) is 24.3 Å². The fraction of sp³-hybridized carbons (Fsp3) is 0.650. The van der Waals surface area contributed by atoms with Crippen LogP contribution in [-0.2, 0) is 6.54 Å². The Labute approximate surface area is 145 Å². The van der Waals surface area contributed by atoms with E-state index in [0.717, 1.165) is 51.4 Å². The summed E-state index contributed by atoms with van der Waals surface area (Å²) >= 11 is 0. The Hall–Kier alpha value is -1.55. The smallest absolute Gasteiger partial charge is 0.318 e. The summed E-state index contributed by atoms with van der Waals surface area (Å²) in [7, 11) is 0.